The van der Waals surface area contributed by atoms with Crippen molar-refractivity contribution in [2.45, 2.75) is 69.2 Å². The van der Waals surface area contributed by atoms with Crippen molar-refractivity contribution in [3.63, 3.8) is 0 Å². The van der Waals surface area contributed by atoms with Gasteiger partial charge in [0.1, 0.15) is 11.6 Å². The van der Waals surface area contributed by atoms with Gasteiger partial charge in [-0.1, -0.05) is 12.1 Å². The van der Waals surface area contributed by atoms with Crippen molar-refractivity contribution in [1.29, 1.82) is 0 Å². The number of benzene rings is 1. The van der Waals surface area contributed by atoms with Gasteiger partial charge in [0.2, 0.25) is 21.3 Å². The fourth-order valence-corrected chi connectivity index (χ4v) is 6.14. The molecule has 2 aromatic rings. The van der Waals surface area contributed by atoms with Crippen LogP contribution in [0.1, 0.15) is 50.5 Å². The molecule has 2 aliphatic rings. The number of nitrogens with zero attached hydrogens (tertiary/aromatic N) is 1. The van der Waals surface area contributed by atoms with Gasteiger partial charge < -0.3 is 14.6 Å². The maximum atomic E-state index is 14.7. The van der Waals surface area contributed by atoms with Crippen LogP contribution in [0.5, 0.6) is 0 Å². The van der Waals surface area contributed by atoms with E-state index < -0.39 is 33.4 Å². The summed E-state index contributed by atoms with van der Waals surface area (Å²) in [5.41, 5.74) is 0.269. The number of anilines is 1. The summed E-state index contributed by atoms with van der Waals surface area (Å²) < 4.78 is 61.1. The number of sulfonamides is 1. The molecule has 3 atom stereocenters. The quantitative estimate of drug-likeness (QED) is 0.615. The van der Waals surface area contributed by atoms with E-state index in [9.17, 15) is 22.0 Å². The van der Waals surface area contributed by atoms with E-state index >= 15 is 0 Å². The molecular formula is C24H31F2N3O4S. The second kappa shape index (κ2) is 10.1. The number of aromatic nitrogens is 1. The van der Waals surface area contributed by atoms with Crippen LogP contribution >= 0.6 is 0 Å². The van der Waals surface area contributed by atoms with Gasteiger partial charge >= 0.3 is 0 Å². The van der Waals surface area contributed by atoms with Gasteiger partial charge in [0, 0.05) is 24.3 Å². The van der Waals surface area contributed by atoms with Gasteiger partial charge in [-0.15, -0.1) is 0 Å². The van der Waals surface area contributed by atoms with E-state index in [0.717, 1.165) is 43.6 Å². The second-order valence-electron chi connectivity index (χ2n) is 9.42. The number of pyridine rings is 1. The van der Waals surface area contributed by atoms with Crippen molar-refractivity contribution in [1.82, 2.24) is 9.71 Å². The molecule has 0 amide bonds. The highest BCUT2D eigenvalue weighted by atomic mass is 32.2. The molecule has 1 aliphatic heterocycles. The van der Waals surface area contributed by atoms with Crippen LogP contribution in [0, 0.1) is 11.6 Å². The van der Waals surface area contributed by atoms with E-state index in [2.05, 4.69) is 9.71 Å². The van der Waals surface area contributed by atoms with Crippen molar-refractivity contribution in [2.24, 2.45) is 0 Å². The Morgan fingerprint density at radius 1 is 1.18 bits per heavy atom. The summed E-state index contributed by atoms with van der Waals surface area (Å²) in [4.78, 5) is 16.4. The summed E-state index contributed by atoms with van der Waals surface area (Å²) >= 11 is 0. The number of ether oxygens (including phenoxy) is 1. The number of hydrogen-bond donors (Lipinski definition) is 2. The Morgan fingerprint density at radius 2 is 1.91 bits per heavy atom. The lowest BCUT2D eigenvalue weighted by Crippen LogP contribution is -2.49. The first-order valence-corrected chi connectivity index (χ1v) is 13.5. The van der Waals surface area contributed by atoms with E-state index in [1.54, 1.807) is 17.0 Å². The van der Waals surface area contributed by atoms with E-state index in [1.165, 1.54) is 12.3 Å². The molecule has 10 heteroatoms. The molecule has 7 nitrogen and oxygen atoms in total. The SMILES string of the molecule is CC1C[C@H](NS(C)(=O)=O)[C@H](COC2CCC(c3cccc(F)c3)CC2)N1c1[nH]ccc(=O)c1F. The van der Waals surface area contributed by atoms with Crippen molar-refractivity contribution in [3.8, 4) is 0 Å². The largest absolute Gasteiger partial charge is 0.376 e. The fourth-order valence-electron chi connectivity index (χ4n) is 5.34. The van der Waals surface area contributed by atoms with Gasteiger partial charge in [-0.25, -0.2) is 17.5 Å². The first-order chi connectivity index (χ1) is 16.1. The Bertz CT molecular complexity index is 1160. The highest BCUT2D eigenvalue weighted by Gasteiger charge is 2.42. The van der Waals surface area contributed by atoms with Gasteiger partial charge in [0.05, 0.1) is 25.0 Å². The zero-order valence-corrected chi connectivity index (χ0v) is 20.2. The van der Waals surface area contributed by atoms with E-state index in [4.69, 9.17) is 4.74 Å². The first kappa shape index (κ1) is 24.8. The Kier molecular flexibility index (Phi) is 7.39. The monoisotopic (exact) mass is 495 g/mol. The number of aromatic amines is 1. The lowest BCUT2D eigenvalue weighted by molar-refractivity contribution is 0.0154. The van der Waals surface area contributed by atoms with Crippen molar-refractivity contribution in [3.05, 3.63) is 63.9 Å². The summed E-state index contributed by atoms with van der Waals surface area (Å²) in [5.74, 6) is -0.806. The van der Waals surface area contributed by atoms with Crippen molar-refractivity contribution in [2.75, 3.05) is 17.8 Å². The molecule has 0 spiro atoms. The van der Waals surface area contributed by atoms with Crippen LogP contribution in [0.25, 0.3) is 0 Å². The van der Waals surface area contributed by atoms with Crippen LogP contribution in [-0.4, -0.2) is 50.5 Å². The molecule has 1 unspecified atom stereocenters. The lowest BCUT2D eigenvalue weighted by atomic mass is 9.82. The van der Waals surface area contributed by atoms with Crippen molar-refractivity contribution >= 4 is 15.8 Å². The molecule has 1 saturated carbocycles. The first-order valence-electron chi connectivity index (χ1n) is 11.6. The van der Waals surface area contributed by atoms with E-state index in [-0.39, 0.29) is 36.3 Å². The summed E-state index contributed by atoms with van der Waals surface area (Å²) in [6.45, 7) is 2.05. The molecule has 1 saturated heterocycles. The minimum atomic E-state index is -3.50. The predicted molar refractivity (Wildman–Crippen MR) is 126 cm³/mol. The third-order valence-corrected chi connectivity index (χ3v) is 7.62. The number of halogens is 2. The molecule has 4 rings (SSSR count). The Balaban J connectivity index is 1.46. The maximum absolute atomic E-state index is 14.7. The average molecular weight is 496 g/mol. The predicted octanol–water partition coefficient (Wildman–Crippen LogP) is 3.28. The zero-order valence-electron chi connectivity index (χ0n) is 19.3. The number of rotatable bonds is 7. The minimum absolute atomic E-state index is 0.0267. The summed E-state index contributed by atoms with van der Waals surface area (Å²) in [6.07, 6.45) is 6.22. The zero-order chi connectivity index (χ0) is 24.5. The number of H-pyrrole nitrogens is 1. The molecule has 1 aromatic carbocycles. The standard InChI is InChI=1S/C24H31F2N3O4S/c1-15-12-20(28-34(2,31)32)21(29(15)24-23(26)22(30)10-11-27-24)14-33-19-8-6-16(7-9-19)17-4-3-5-18(25)13-17/h3-5,10-11,13,15-16,19-21,28H,6-9,12,14H2,1-2H3,(H,27,30)/t15?,16?,19?,20-,21-/m0/s1. The number of hydrogen-bond acceptors (Lipinski definition) is 5. The third kappa shape index (κ3) is 5.67. The second-order valence-corrected chi connectivity index (χ2v) is 11.2. The fraction of sp³-hybridized carbons (Fsp3) is 0.542. The Labute approximate surface area is 198 Å². The molecule has 1 aromatic heterocycles. The van der Waals surface area contributed by atoms with Crippen LogP contribution in [0.15, 0.2) is 41.3 Å². The van der Waals surface area contributed by atoms with E-state index in [0.29, 0.717) is 6.42 Å². The van der Waals surface area contributed by atoms with Gasteiger partial charge in [-0.2, -0.15) is 4.39 Å². The molecule has 2 fully saturated rings. The van der Waals surface area contributed by atoms with Crippen molar-refractivity contribution < 1.29 is 21.9 Å². The third-order valence-electron chi connectivity index (χ3n) is 6.89. The van der Waals surface area contributed by atoms with E-state index in [1.807, 2.05) is 13.0 Å². The molecule has 186 valence electrons. The van der Waals surface area contributed by atoms with Crippen LogP contribution in [0.4, 0.5) is 14.6 Å². The molecule has 0 radical (unpaired) electrons. The smallest absolute Gasteiger partial charge is 0.219 e. The van der Waals surface area contributed by atoms with Crippen LogP contribution in [-0.2, 0) is 14.8 Å². The maximum Gasteiger partial charge on any atom is 0.219 e. The molecule has 0 bridgehead atoms. The summed E-state index contributed by atoms with van der Waals surface area (Å²) in [6, 6.07) is 6.62. The highest BCUT2D eigenvalue weighted by molar-refractivity contribution is 7.88. The van der Waals surface area contributed by atoms with Gasteiger partial charge in [-0.3, -0.25) is 4.79 Å². The van der Waals surface area contributed by atoms with Crippen LogP contribution in [0.3, 0.4) is 0 Å². The summed E-state index contributed by atoms with van der Waals surface area (Å²) in [5, 5.41) is 0. The molecule has 34 heavy (non-hydrogen) atoms. The highest BCUT2D eigenvalue weighted by Crippen LogP contribution is 2.36. The molecule has 1 aliphatic carbocycles. The number of nitrogens with one attached hydrogen (secondary N) is 2. The Morgan fingerprint density at radius 3 is 2.59 bits per heavy atom. The normalized spacial score (nSPS) is 27.8. The molecular weight excluding hydrogens is 464 g/mol. The van der Waals surface area contributed by atoms with Crippen LogP contribution < -0.4 is 15.1 Å². The Hall–Kier alpha value is -2.30. The van der Waals surface area contributed by atoms with Gasteiger partial charge in [0.15, 0.2) is 0 Å². The molecule has 2 N–H and O–H groups in total. The lowest BCUT2D eigenvalue weighted by Gasteiger charge is -2.34. The average Bonchev–Trinajstić information content (AvgIpc) is 3.07. The van der Waals surface area contributed by atoms with Gasteiger partial charge in [0.25, 0.3) is 0 Å². The summed E-state index contributed by atoms with van der Waals surface area (Å²) in [7, 11) is -3.50. The van der Waals surface area contributed by atoms with Crippen LogP contribution in [0.2, 0.25) is 0 Å². The molecule has 2 heterocycles. The van der Waals surface area contributed by atoms with Gasteiger partial charge in [-0.05, 0) is 62.6 Å². The topological polar surface area (TPSA) is 91.5 Å². The minimum Gasteiger partial charge on any atom is -0.376 e.